The number of amides is 1. The largest absolute Gasteiger partial charge is 0.367 e. The first-order valence-corrected chi connectivity index (χ1v) is 12.8. The van der Waals surface area contributed by atoms with Gasteiger partial charge in [-0.1, -0.05) is 12.6 Å². The number of imidazole rings is 1. The first-order chi connectivity index (χ1) is 18.0. The van der Waals surface area contributed by atoms with E-state index in [-0.39, 0.29) is 11.6 Å². The SMILES string of the molecule is C=c1[nH]c(=O)[nH]/c1=C\c1cnn2c(NC3CC3)cc(-c3ccc(C(=O)NCCc4ccccn4)s3)nc12. The van der Waals surface area contributed by atoms with E-state index in [1.807, 2.05) is 36.4 Å². The van der Waals surface area contributed by atoms with Crippen molar-refractivity contribution in [2.45, 2.75) is 25.3 Å². The monoisotopic (exact) mass is 512 g/mol. The predicted octanol–water partition coefficient (Wildman–Crippen LogP) is 1.66. The van der Waals surface area contributed by atoms with E-state index < -0.39 is 0 Å². The molecule has 0 aromatic carbocycles. The number of anilines is 1. The zero-order chi connectivity index (χ0) is 25.4. The van der Waals surface area contributed by atoms with E-state index in [1.54, 1.807) is 23.0 Å². The maximum absolute atomic E-state index is 12.8. The summed E-state index contributed by atoms with van der Waals surface area (Å²) < 4.78 is 1.76. The maximum atomic E-state index is 12.8. The Morgan fingerprint density at radius 3 is 2.89 bits per heavy atom. The van der Waals surface area contributed by atoms with E-state index >= 15 is 0 Å². The van der Waals surface area contributed by atoms with Crippen molar-refractivity contribution in [1.82, 2.24) is 34.9 Å². The van der Waals surface area contributed by atoms with Crippen LogP contribution in [0.4, 0.5) is 5.82 Å². The highest BCUT2D eigenvalue weighted by molar-refractivity contribution is 7.17. The van der Waals surface area contributed by atoms with Crippen molar-refractivity contribution in [3.8, 4) is 10.6 Å². The van der Waals surface area contributed by atoms with Crippen molar-refractivity contribution in [3.63, 3.8) is 0 Å². The molecule has 1 aliphatic carbocycles. The number of H-pyrrole nitrogens is 2. The Labute approximate surface area is 214 Å². The van der Waals surface area contributed by atoms with Crippen LogP contribution in [0, 0.1) is 0 Å². The molecule has 37 heavy (non-hydrogen) atoms. The lowest BCUT2D eigenvalue weighted by atomic mass is 10.2. The summed E-state index contributed by atoms with van der Waals surface area (Å²) in [6.45, 7) is 4.38. The minimum absolute atomic E-state index is 0.123. The number of pyridine rings is 1. The second-order valence-electron chi connectivity index (χ2n) is 8.89. The van der Waals surface area contributed by atoms with Crippen molar-refractivity contribution in [3.05, 3.63) is 86.1 Å². The van der Waals surface area contributed by atoms with Crippen LogP contribution >= 0.6 is 11.3 Å². The summed E-state index contributed by atoms with van der Waals surface area (Å²) in [5.74, 6) is 0.705. The average Bonchev–Trinajstić information content (AvgIpc) is 3.26. The fourth-order valence-corrected chi connectivity index (χ4v) is 4.88. The van der Waals surface area contributed by atoms with Crippen molar-refractivity contribution in [1.29, 1.82) is 0 Å². The molecule has 0 bridgehead atoms. The highest BCUT2D eigenvalue weighted by Crippen LogP contribution is 2.32. The summed E-state index contributed by atoms with van der Waals surface area (Å²) in [5.41, 5.74) is 2.73. The number of carbonyl (C=O) groups excluding carboxylic acids is 1. The fourth-order valence-electron chi connectivity index (χ4n) is 3.99. The van der Waals surface area contributed by atoms with Crippen LogP contribution in [-0.2, 0) is 6.42 Å². The van der Waals surface area contributed by atoms with Crippen molar-refractivity contribution < 1.29 is 4.79 Å². The number of aromatic nitrogens is 6. The first kappa shape index (κ1) is 22.9. The van der Waals surface area contributed by atoms with E-state index in [4.69, 9.17) is 4.98 Å². The number of hydrogen-bond acceptors (Lipinski definition) is 7. The van der Waals surface area contributed by atoms with Gasteiger partial charge < -0.3 is 20.6 Å². The smallest absolute Gasteiger partial charge is 0.323 e. The third kappa shape index (κ3) is 4.94. The van der Waals surface area contributed by atoms with Gasteiger partial charge in [-0.3, -0.25) is 9.78 Å². The lowest BCUT2D eigenvalue weighted by Crippen LogP contribution is -2.25. The molecule has 0 atom stereocenters. The van der Waals surface area contributed by atoms with Crippen molar-refractivity contribution in [2.75, 3.05) is 11.9 Å². The molecular weight excluding hydrogens is 488 g/mol. The van der Waals surface area contributed by atoms with Gasteiger partial charge in [0.25, 0.3) is 5.91 Å². The molecule has 1 aliphatic rings. The molecule has 186 valence electrons. The minimum atomic E-state index is -0.318. The van der Waals surface area contributed by atoms with Gasteiger partial charge in [0.1, 0.15) is 5.82 Å². The zero-order valence-corrected chi connectivity index (χ0v) is 20.6. The van der Waals surface area contributed by atoms with Crippen LogP contribution < -0.4 is 27.0 Å². The summed E-state index contributed by atoms with van der Waals surface area (Å²) in [4.78, 5) is 40.4. The van der Waals surface area contributed by atoms with Gasteiger partial charge in [-0.2, -0.15) is 9.61 Å². The maximum Gasteiger partial charge on any atom is 0.323 e. The molecule has 5 aromatic rings. The molecule has 10 nitrogen and oxygen atoms in total. The van der Waals surface area contributed by atoms with Gasteiger partial charge in [0.15, 0.2) is 5.65 Å². The third-order valence-electron chi connectivity index (χ3n) is 6.04. The average molecular weight is 513 g/mol. The Morgan fingerprint density at radius 2 is 2.14 bits per heavy atom. The lowest BCUT2D eigenvalue weighted by Gasteiger charge is -2.09. The number of hydrogen-bond donors (Lipinski definition) is 4. The normalized spacial score (nSPS) is 13.8. The van der Waals surface area contributed by atoms with E-state index in [0.29, 0.717) is 40.2 Å². The Bertz CT molecular complexity index is 1760. The molecule has 11 heteroatoms. The molecule has 5 aromatic heterocycles. The topological polar surface area (TPSA) is 133 Å². The van der Waals surface area contributed by atoms with Crippen molar-refractivity contribution in [2.24, 2.45) is 0 Å². The quantitative estimate of drug-likeness (QED) is 0.250. The van der Waals surface area contributed by atoms with Gasteiger partial charge in [0.2, 0.25) is 0 Å². The van der Waals surface area contributed by atoms with Gasteiger partial charge in [0.05, 0.1) is 32.3 Å². The molecular formula is C26H24N8O2S. The fraction of sp³-hybridized carbons (Fsp3) is 0.192. The van der Waals surface area contributed by atoms with Gasteiger partial charge in [-0.05, 0) is 43.2 Å². The summed E-state index contributed by atoms with van der Waals surface area (Å²) >= 11 is 1.39. The van der Waals surface area contributed by atoms with Crippen LogP contribution in [0.1, 0.15) is 33.8 Å². The minimum Gasteiger partial charge on any atom is -0.367 e. The number of carbonyl (C=O) groups is 1. The van der Waals surface area contributed by atoms with E-state index in [1.165, 1.54) is 11.3 Å². The Balaban J connectivity index is 1.30. The molecule has 0 aliphatic heterocycles. The number of fused-ring (bicyclic) bond motifs is 1. The molecule has 6 rings (SSSR count). The standard InChI is InChI=1S/C26H24N8O2S/c1-15-19(33-26(36)30-15)12-16-14-29-34-23(31-18-5-6-18)13-20(32-24(16)34)21-7-8-22(37-21)25(35)28-11-9-17-4-2-3-10-27-17/h2-4,7-8,10,12-14,18,31H,1,5-6,9,11H2,(H,28,35)(H2,30,33,36)/b19-12-. The van der Waals surface area contributed by atoms with E-state index in [2.05, 4.69) is 37.3 Å². The predicted molar refractivity (Wildman–Crippen MR) is 143 cm³/mol. The molecule has 0 radical (unpaired) electrons. The summed E-state index contributed by atoms with van der Waals surface area (Å²) in [6, 6.07) is 11.8. The van der Waals surface area contributed by atoms with Crippen LogP contribution in [0.3, 0.4) is 0 Å². The Morgan fingerprint density at radius 1 is 1.24 bits per heavy atom. The molecule has 1 saturated carbocycles. The molecule has 5 heterocycles. The first-order valence-electron chi connectivity index (χ1n) is 12.0. The van der Waals surface area contributed by atoms with Gasteiger partial charge >= 0.3 is 5.69 Å². The van der Waals surface area contributed by atoms with E-state index in [9.17, 15) is 9.59 Å². The molecule has 1 amide bonds. The van der Waals surface area contributed by atoms with Gasteiger partial charge in [-0.25, -0.2) is 9.78 Å². The highest BCUT2D eigenvalue weighted by Gasteiger charge is 2.23. The summed E-state index contributed by atoms with van der Waals surface area (Å²) in [6.07, 6.45) is 8.14. The molecule has 1 fully saturated rings. The lowest BCUT2D eigenvalue weighted by molar-refractivity contribution is 0.0958. The zero-order valence-electron chi connectivity index (χ0n) is 19.8. The number of nitrogens with one attached hydrogen (secondary N) is 4. The number of nitrogens with zero attached hydrogens (tertiary/aromatic N) is 4. The third-order valence-corrected chi connectivity index (χ3v) is 7.15. The summed E-state index contributed by atoms with van der Waals surface area (Å²) in [7, 11) is 0. The summed E-state index contributed by atoms with van der Waals surface area (Å²) in [5, 5.41) is 12.1. The molecule has 0 spiro atoms. The second kappa shape index (κ2) is 9.51. The van der Waals surface area contributed by atoms with Crippen LogP contribution in [0.15, 0.2) is 53.6 Å². The number of aromatic amines is 2. The Hall–Kier alpha value is -4.51. The number of thiophene rings is 1. The van der Waals surface area contributed by atoms with Crippen molar-refractivity contribution >= 4 is 41.4 Å². The van der Waals surface area contributed by atoms with Crippen LogP contribution in [0.2, 0.25) is 0 Å². The van der Waals surface area contributed by atoms with Crippen LogP contribution in [0.25, 0.3) is 28.9 Å². The van der Waals surface area contributed by atoms with E-state index in [0.717, 1.165) is 40.5 Å². The second-order valence-corrected chi connectivity index (χ2v) is 9.97. The highest BCUT2D eigenvalue weighted by atomic mass is 32.1. The van der Waals surface area contributed by atoms with Gasteiger partial charge in [-0.15, -0.1) is 11.3 Å². The molecule has 4 N–H and O–H groups in total. The number of rotatable bonds is 8. The molecule has 0 unspecified atom stereocenters. The molecule has 0 saturated heterocycles. The van der Waals surface area contributed by atoms with Crippen LogP contribution in [-0.4, -0.2) is 48.0 Å². The van der Waals surface area contributed by atoms with Crippen LogP contribution in [0.5, 0.6) is 0 Å². The van der Waals surface area contributed by atoms with Gasteiger partial charge in [0, 0.05) is 42.5 Å². The Kier molecular flexibility index (Phi) is 5.89.